The number of hydrogen-bond donors (Lipinski definition) is 1. The van der Waals surface area contributed by atoms with Gasteiger partial charge in [0.05, 0.1) is 12.3 Å². The van der Waals surface area contributed by atoms with E-state index in [0.717, 1.165) is 31.5 Å². The fourth-order valence-electron chi connectivity index (χ4n) is 2.83. The highest BCUT2D eigenvalue weighted by molar-refractivity contribution is 6.30. The van der Waals surface area contributed by atoms with Crippen LogP contribution < -0.4 is 0 Å². The molecule has 0 unspecified atom stereocenters. The molecular formula is C16H18ClN3O3. The molecule has 1 aliphatic rings. The molecule has 0 aliphatic carbocycles. The molecule has 0 bridgehead atoms. The minimum absolute atomic E-state index is 0.158. The van der Waals surface area contributed by atoms with Crippen molar-refractivity contribution in [2.45, 2.75) is 25.2 Å². The van der Waals surface area contributed by atoms with Crippen LogP contribution in [-0.2, 0) is 4.79 Å². The van der Waals surface area contributed by atoms with Gasteiger partial charge in [0.25, 0.3) is 0 Å². The molecule has 0 radical (unpaired) electrons. The topological polar surface area (TPSA) is 79.5 Å². The fraction of sp³-hybridized carbons (Fsp3) is 0.438. The summed E-state index contributed by atoms with van der Waals surface area (Å²) in [6.45, 7) is 2.24. The predicted octanol–water partition coefficient (Wildman–Crippen LogP) is 3.04. The van der Waals surface area contributed by atoms with Crippen LogP contribution in [0.4, 0.5) is 0 Å². The van der Waals surface area contributed by atoms with Crippen molar-refractivity contribution in [3.63, 3.8) is 0 Å². The number of hydrogen-bond acceptors (Lipinski definition) is 5. The zero-order valence-electron chi connectivity index (χ0n) is 12.6. The van der Waals surface area contributed by atoms with Gasteiger partial charge in [-0.3, -0.25) is 4.79 Å². The summed E-state index contributed by atoms with van der Waals surface area (Å²) in [5.74, 6) is 0.565. The maximum Gasteiger partial charge on any atom is 0.304 e. The zero-order chi connectivity index (χ0) is 16.2. The molecule has 1 aromatic heterocycles. The molecule has 0 saturated carbocycles. The number of piperidine rings is 1. The lowest BCUT2D eigenvalue weighted by atomic mass is 9.98. The molecule has 7 heteroatoms. The second kappa shape index (κ2) is 7.10. The Bertz CT molecular complexity index is 671. The maximum atomic E-state index is 10.7. The predicted molar refractivity (Wildman–Crippen MR) is 85.4 cm³/mol. The van der Waals surface area contributed by atoms with Crippen molar-refractivity contribution < 1.29 is 14.4 Å². The van der Waals surface area contributed by atoms with Crippen LogP contribution in [0.25, 0.3) is 11.4 Å². The average Bonchev–Trinajstić information content (AvgIpc) is 3.04. The van der Waals surface area contributed by atoms with Gasteiger partial charge in [-0.15, -0.1) is 0 Å². The summed E-state index contributed by atoms with van der Waals surface area (Å²) in [5, 5.41) is 13.5. The minimum Gasteiger partial charge on any atom is -0.481 e. The fourth-order valence-corrected chi connectivity index (χ4v) is 2.96. The maximum absolute atomic E-state index is 10.7. The molecule has 0 amide bonds. The Kier molecular flexibility index (Phi) is 4.93. The summed E-state index contributed by atoms with van der Waals surface area (Å²) in [4.78, 5) is 17.3. The van der Waals surface area contributed by atoms with Crippen molar-refractivity contribution in [1.82, 2.24) is 15.0 Å². The van der Waals surface area contributed by atoms with Gasteiger partial charge in [-0.1, -0.05) is 16.8 Å². The Labute approximate surface area is 139 Å². The first-order valence-electron chi connectivity index (χ1n) is 7.65. The highest BCUT2D eigenvalue weighted by atomic mass is 35.5. The first-order chi connectivity index (χ1) is 11.1. The van der Waals surface area contributed by atoms with E-state index in [1.165, 1.54) is 0 Å². The number of rotatable bonds is 5. The SMILES string of the molecule is O=C(O)CCN1CCC[C@H](c2nc(-c3ccc(Cl)cc3)no2)C1. The quantitative estimate of drug-likeness (QED) is 0.904. The van der Waals surface area contributed by atoms with Crippen molar-refractivity contribution in [2.75, 3.05) is 19.6 Å². The third-order valence-electron chi connectivity index (χ3n) is 4.04. The number of likely N-dealkylation sites (tertiary alicyclic amines) is 1. The van der Waals surface area contributed by atoms with E-state index in [4.69, 9.17) is 21.2 Å². The van der Waals surface area contributed by atoms with Crippen LogP contribution in [0.15, 0.2) is 28.8 Å². The monoisotopic (exact) mass is 335 g/mol. The van der Waals surface area contributed by atoms with Crippen LogP contribution in [0.5, 0.6) is 0 Å². The number of carboxylic acid groups (broad SMARTS) is 1. The molecule has 1 saturated heterocycles. The molecule has 2 heterocycles. The number of benzene rings is 1. The van der Waals surface area contributed by atoms with E-state index in [9.17, 15) is 4.79 Å². The molecule has 1 aliphatic heterocycles. The summed E-state index contributed by atoms with van der Waals surface area (Å²) >= 11 is 5.88. The smallest absolute Gasteiger partial charge is 0.304 e. The third-order valence-corrected chi connectivity index (χ3v) is 4.29. The van der Waals surface area contributed by atoms with E-state index in [0.29, 0.717) is 23.3 Å². The number of aromatic nitrogens is 2. The van der Waals surface area contributed by atoms with Crippen LogP contribution in [0.1, 0.15) is 31.1 Å². The Hall–Kier alpha value is -1.92. The van der Waals surface area contributed by atoms with E-state index in [1.54, 1.807) is 12.1 Å². The van der Waals surface area contributed by atoms with Gasteiger partial charge in [0, 0.05) is 23.7 Å². The van der Waals surface area contributed by atoms with Gasteiger partial charge in [0.15, 0.2) is 0 Å². The first kappa shape index (κ1) is 16.0. The highest BCUT2D eigenvalue weighted by Gasteiger charge is 2.26. The van der Waals surface area contributed by atoms with Crippen molar-refractivity contribution >= 4 is 17.6 Å². The molecule has 1 fully saturated rings. The lowest BCUT2D eigenvalue weighted by Crippen LogP contribution is -2.35. The lowest BCUT2D eigenvalue weighted by molar-refractivity contribution is -0.137. The Balaban J connectivity index is 1.67. The molecule has 122 valence electrons. The van der Waals surface area contributed by atoms with Crippen LogP contribution >= 0.6 is 11.6 Å². The molecule has 6 nitrogen and oxygen atoms in total. The van der Waals surface area contributed by atoms with Crippen LogP contribution in [0.3, 0.4) is 0 Å². The summed E-state index contributed by atoms with van der Waals surface area (Å²) in [7, 11) is 0. The Morgan fingerprint density at radius 2 is 2.17 bits per heavy atom. The largest absolute Gasteiger partial charge is 0.481 e. The standard InChI is InChI=1S/C16H18ClN3O3/c17-13-5-3-11(4-6-13)15-18-16(23-19-15)12-2-1-8-20(10-12)9-7-14(21)22/h3-6,12H,1-2,7-10H2,(H,21,22)/t12-/m0/s1. The number of nitrogens with zero attached hydrogens (tertiary/aromatic N) is 3. The van der Waals surface area contributed by atoms with Gasteiger partial charge in [-0.05, 0) is 43.7 Å². The van der Waals surface area contributed by atoms with E-state index in [2.05, 4.69) is 15.0 Å². The second-order valence-corrected chi connectivity index (χ2v) is 6.18. The summed E-state index contributed by atoms with van der Waals surface area (Å²) in [5.41, 5.74) is 0.864. The Morgan fingerprint density at radius 3 is 2.91 bits per heavy atom. The normalized spacial score (nSPS) is 18.9. The van der Waals surface area contributed by atoms with Gasteiger partial charge in [0.1, 0.15) is 0 Å². The molecule has 2 aromatic rings. The van der Waals surface area contributed by atoms with E-state index >= 15 is 0 Å². The van der Waals surface area contributed by atoms with Crippen molar-refractivity contribution in [2.24, 2.45) is 0 Å². The van der Waals surface area contributed by atoms with Gasteiger partial charge in [-0.25, -0.2) is 0 Å². The van der Waals surface area contributed by atoms with Gasteiger partial charge in [-0.2, -0.15) is 4.98 Å². The van der Waals surface area contributed by atoms with Crippen molar-refractivity contribution in [3.8, 4) is 11.4 Å². The van der Waals surface area contributed by atoms with E-state index < -0.39 is 5.97 Å². The molecule has 1 N–H and O–H groups in total. The zero-order valence-corrected chi connectivity index (χ0v) is 13.4. The first-order valence-corrected chi connectivity index (χ1v) is 8.03. The highest BCUT2D eigenvalue weighted by Crippen LogP contribution is 2.28. The van der Waals surface area contributed by atoms with Gasteiger partial charge in [0.2, 0.25) is 11.7 Å². The summed E-state index contributed by atoms with van der Waals surface area (Å²) in [6, 6.07) is 7.30. The summed E-state index contributed by atoms with van der Waals surface area (Å²) < 4.78 is 5.43. The van der Waals surface area contributed by atoms with Gasteiger partial charge >= 0.3 is 5.97 Å². The molecular weight excluding hydrogens is 318 g/mol. The number of halogens is 1. The number of carboxylic acids is 1. The Morgan fingerprint density at radius 1 is 1.39 bits per heavy atom. The van der Waals surface area contributed by atoms with E-state index in [1.807, 2.05) is 12.1 Å². The molecule has 1 atom stereocenters. The average molecular weight is 336 g/mol. The van der Waals surface area contributed by atoms with Crippen LogP contribution in [-0.4, -0.2) is 45.8 Å². The lowest BCUT2D eigenvalue weighted by Gasteiger charge is -2.30. The molecule has 0 spiro atoms. The van der Waals surface area contributed by atoms with Crippen LogP contribution in [0.2, 0.25) is 5.02 Å². The van der Waals surface area contributed by atoms with Crippen molar-refractivity contribution in [3.05, 3.63) is 35.2 Å². The molecule has 23 heavy (non-hydrogen) atoms. The minimum atomic E-state index is -0.769. The number of carbonyl (C=O) groups is 1. The molecule has 3 rings (SSSR count). The number of aliphatic carboxylic acids is 1. The van der Waals surface area contributed by atoms with Crippen molar-refractivity contribution in [1.29, 1.82) is 0 Å². The van der Waals surface area contributed by atoms with Gasteiger partial charge < -0.3 is 14.5 Å². The van der Waals surface area contributed by atoms with Crippen LogP contribution in [0, 0.1) is 0 Å². The van der Waals surface area contributed by atoms with E-state index in [-0.39, 0.29) is 12.3 Å². The summed E-state index contributed by atoms with van der Waals surface area (Å²) in [6.07, 6.45) is 2.14. The molecule has 1 aromatic carbocycles. The second-order valence-electron chi connectivity index (χ2n) is 5.75. The third kappa shape index (κ3) is 4.09.